The lowest BCUT2D eigenvalue weighted by Gasteiger charge is -2.21. The molecule has 0 aliphatic carbocycles. The van der Waals surface area contributed by atoms with Gasteiger partial charge in [-0.3, -0.25) is 10.2 Å². The van der Waals surface area contributed by atoms with Crippen LogP contribution >= 0.6 is 11.8 Å². The van der Waals surface area contributed by atoms with Crippen molar-refractivity contribution >= 4 is 28.4 Å². The summed E-state index contributed by atoms with van der Waals surface area (Å²) >= 11 is 1.59. The van der Waals surface area contributed by atoms with E-state index in [1.165, 1.54) is 5.56 Å². The molecule has 0 radical (unpaired) electrons. The van der Waals surface area contributed by atoms with Crippen LogP contribution < -0.4 is 10.7 Å². The van der Waals surface area contributed by atoms with Crippen LogP contribution in [0.25, 0.3) is 0 Å². The number of aryl methyl sites for hydroxylation is 1. The van der Waals surface area contributed by atoms with Gasteiger partial charge < -0.3 is 5.32 Å². The van der Waals surface area contributed by atoms with E-state index < -0.39 is 4.87 Å². The van der Waals surface area contributed by atoms with E-state index in [1.807, 2.05) is 37.3 Å². The molecule has 0 aromatic heterocycles. The Labute approximate surface area is 140 Å². The summed E-state index contributed by atoms with van der Waals surface area (Å²) in [5.74, 6) is -0.0287. The quantitative estimate of drug-likeness (QED) is 0.900. The molecule has 2 aromatic carbocycles. The minimum absolute atomic E-state index is 0.0287. The Kier molecular flexibility index (Phi) is 4.39. The summed E-state index contributed by atoms with van der Waals surface area (Å²) in [7, 11) is 0. The van der Waals surface area contributed by atoms with Gasteiger partial charge in [-0.1, -0.05) is 59.8 Å². The molecule has 1 atom stereocenters. The lowest BCUT2D eigenvalue weighted by molar-refractivity contribution is -0.116. The SMILES string of the molecule is Cc1ccc(C2=NN[C@](C)(CC(=O)Nc3ccccc3)S2)cc1. The maximum Gasteiger partial charge on any atom is 0.227 e. The summed E-state index contributed by atoms with van der Waals surface area (Å²) in [5, 5.41) is 8.23. The molecule has 2 N–H and O–H groups in total. The molecule has 0 saturated carbocycles. The van der Waals surface area contributed by atoms with E-state index in [0.29, 0.717) is 6.42 Å². The Bertz CT molecular complexity index is 728. The Morgan fingerprint density at radius 3 is 2.57 bits per heavy atom. The average Bonchev–Trinajstić information content (AvgIpc) is 2.90. The van der Waals surface area contributed by atoms with Crippen LogP contribution in [0.15, 0.2) is 59.7 Å². The number of rotatable bonds is 4. The largest absolute Gasteiger partial charge is 0.326 e. The van der Waals surface area contributed by atoms with Crippen molar-refractivity contribution < 1.29 is 4.79 Å². The van der Waals surface area contributed by atoms with Crippen LogP contribution in [0.3, 0.4) is 0 Å². The summed E-state index contributed by atoms with van der Waals surface area (Å²) < 4.78 is 0. The number of para-hydroxylation sites is 1. The van der Waals surface area contributed by atoms with Crippen molar-refractivity contribution in [2.24, 2.45) is 5.10 Å². The maximum atomic E-state index is 12.2. The number of nitrogens with zero attached hydrogens (tertiary/aromatic N) is 1. The molecule has 3 rings (SSSR count). The van der Waals surface area contributed by atoms with Crippen molar-refractivity contribution in [1.29, 1.82) is 0 Å². The van der Waals surface area contributed by atoms with Crippen molar-refractivity contribution in [2.75, 3.05) is 5.32 Å². The monoisotopic (exact) mass is 325 g/mol. The molecule has 1 heterocycles. The van der Waals surface area contributed by atoms with Crippen LogP contribution in [-0.2, 0) is 4.79 Å². The minimum atomic E-state index is -0.431. The molecule has 0 spiro atoms. The highest BCUT2D eigenvalue weighted by molar-refractivity contribution is 8.15. The third kappa shape index (κ3) is 3.93. The van der Waals surface area contributed by atoms with E-state index in [4.69, 9.17) is 0 Å². The molecule has 5 heteroatoms. The first-order valence-corrected chi connectivity index (χ1v) is 8.32. The van der Waals surface area contributed by atoms with Gasteiger partial charge in [0.1, 0.15) is 9.91 Å². The highest BCUT2D eigenvalue weighted by atomic mass is 32.2. The van der Waals surface area contributed by atoms with Gasteiger partial charge in [0, 0.05) is 11.3 Å². The second-order valence-electron chi connectivity index (χ2n) is 5.82. The second kappa shape index (κ2) is 6.46. The van der Waals surface area contributed by atoms with Crippen LogP contribution in [0, 0.1) is 6.92 Å². The van der Waals surface area contributed by atoms with Crippen molar-refractivity contribution in [3.8, 4) is 0 Å². The number of hydrogen-bond donors (Lipinski definition) is 2. The van der Waals surface area contributed by atoms with Gasteiger partial charge in [0.15, 0.2) is 0 Å². The molecule has 0 unspecified atom stereocenters. The third-order valence-electron chi connectivity index (χ3n) is 3.57. The molecule has 0 fully saturated rings. The van der Waals surface area contributed by atoms with Gasteiger partial charge in [-0.25, -0.2) is 0 Å². The number of thioether (sulfide) groups is 1. The van der Waals surface area contributed by atoms with E-state index in [9.17, 15) is 4.79 Å². The summed E-state index contributed by atoms with van der Waals surface area (Å²) in [5.41, 5.74) is 6.20. The molecule has 1 aliphatic rings. The summed E-state index contributed by atoms with van der Waals surface area (Å²) in [6.45, 7) is 4.05. The van der Waals surface area contributed by atoms with Gasteiger partial charge in [-0.15, -0.1) is 0 Å². The van der Waals surface area contributed by atoms with Crippen LogP contribution in [-0.4, -0.2) is 15.8 Å². The van der Waals surface area contributed by atoms with E-state index in [0.717, 1.165) is 16.3 Å². The maximum absolute atomic E-state index is 12.2. The zero-order chi connectivity index (χ0) is 16.3. The Morgan fingerprint density at radius 1 is 1.17 bits per heavy atom. The molecule has 23 heavy (non-hydrogen) atoms. The van der Waals surface area contributed by atoms with Gasteiger partial charge in [0.25, 0.3) is 0 Å². The van der Waals surface area contributed by atoms with Crippen molar-refractivity contribution in [1.82, 2.24) is 5.43 Å². The Morgan fingerprint density at radius 2 is 1.87 bits per heavy atom. The fourth-order valence-electron chi connectivity index (χ4n) is 2.36. The van der Waals surface area contributed by atoms with Gasteiger partial charge in [-0.05, 0) is 26.0 Å². The van der Waals surface area contributed by atoms with Gasteiger partial charge in [0.05, 0.1) is 6.42 Å². The minimum Gasteiger partial charge on any atom is -0.326 e. The number of hydrogen-bond acceptors (Lipinski definition) is 4. The number of amides is 1. The predicted octanol–water partition coefficient (Wildman–Crippen LogP) is 3.74. The predicted molar refractivity (Wildman–Crippen MR) is 96.5 cm³/mol. The van der Waals surface area contributed by atoms with Crippen molar-refractivity contribution in [3.05, 3.63) is 65.7 Å². The molecule has 2 aromatic rings. The van der Waals surface area contributed by atoms with Crippen LogP contribution in [0.1, 0.15) is 24.5 Å². The summed E-state index contributed by atoms with van der Waals surface area (Å²) in [6, 6.07) is 17.7. The lowest BCUT2D eigenvalue weighted by Crippen LogP contribution is -2.36. The molecule has 0 saturated heterocycles. The zero-order valence-electron chi connectivity index (χ0n) is 13.2. The van der Waals surface area contributed by atoms with Crippen molar-refractivity contribution in [2.45, 2.75) is 25.1 Å². The van der Waals surface area contributed by atoms with Crippen LogP contribution in [0.4, 0.5) is 5.69 Å². The summed E-state index contributed by atoms with van der Waals surface area (Å²) in [4.78, 5) is 11.8. The van der Waals surface area contributed by atoms with Gasteiger partial charge >= 0.3 is 0 Å². The molecular formula is C18H19N3OS. The first kappa shape index (κ1) is 15.6. The molecule has 4 nitrogen and oxygen atoms in total. The normalized spacial score (nSPS) is 19.8. The number of nitrogens with one attached hydrogen (secondary N) is 2. The third-order valence-corrected chi connectivity index (χ3v) is 4.78. The zero-order valence-corrected chi connectivity index (χ0v) is 14.0. The topological polar surface area (TPSA) is 53.5 Å². The number of carbonyl (C=O) groups excluding carboxylic acids is 1. The Hall–Kier alpha value is -2.27. The Balaban J connectivity index is 1.61. The average molecular weight is 325 g/mol. The first-order valence-electron chi connectivity index (χ1n) is 7.50. The molecule has 1 aliphatic heterocycles. The number of anilines is 1. The highest BCUT2D eigenvalue weighted by Gasteiger charge is 2.35. The van der Waals surface area contributed by atoms with E-state index in [-0.39, 0.29) is 5.91 Å². The van der Waals surface area contributed by atoms with Crippen LogP contribution in [0.2, 0.25) is 0 Å². The van der Waals surface area contributed by atoms with Crippen molar-refractivity contribution in [3.63, 3.8) is 0 Å². The van der Waals surface area contributed by atoms with Gasteiger partial charge in [-0.2, -0.15) is 5.10 Å². The fourth-order valence-corrected chi connectivity index (χ4v) is 3.42. The second-order valence-corrected chi connectivity index (χ2v) is 7.31. The molecule has 0 bridgehead atoms. The number of benzene rings is 2. The summed E-state index contributed by atoms with van der Waals surface area (Å²) in [6.07, 6.45) is 0.339. The van der Waals surface area contributed by atoms with E-state index in [2.05, 4.69) is 47.0 Å². The number of carbonyl (C=O) groups is 1. The van der Waals surface area contributed by atoms with Gasteiger partial charge in [0.2, 0.25) is 5.91 Å². The first-order chi connectivity index (χ1) is 11.0. The number of hydrazone groups is 1. The standard InChI is InChI=1S/C18H19N3OS/c1-13-8-10-14(11-9-13)17-20-21-18(2,23-17)12-16(22)19-15-6-4-3-5-7-15/h3-11,21H,12H2,1-2H3,(H,19,22)/t18-/m0/s1. The smallest absolute Gasteiger partial charge is 0.227 e. The molecule has 118 valence electrons. The van der Waals surface area contributed by atoms with E-state index >= 15 is 0 Å². The molecular weight excluding hydrogens is 306 g/mol. The lowest BCUT2D eigenvalue weighted by atomic mass is 10.2. The fraction of sp³-hybridized carbons (Fsp3) is 0.222. The van der Waals surface area contributed by atoms with Crippen LogP contribution in [0.5, 0.6) is 0 Å². The highest BCUT2D eigenvalue weighted by Crippen LogP contribution is 2.34. The molecule has 1 amide bonds. The van der Waals surface area contributed by atoms with E-state index in [1.54, 1.807) is 11.8 Å².